The Morgan fingerprint density at radius 1 is 1.11 bits per heavy atom. The van der Waals surface area contributed by atoms with Crippen LogP contribution in [0.5, 0.6) is 0 Å². The number of nitrogens with zero attached hydrogens (tertiary/aromatic N) is 5. The fourth-order valence-electron chi connectivity index (χ4n) is 8.40. The molecule has 4 aliphatic heterocycles. The van der Waals surface area contributed by atoms with Crippen molar-refractivity contribution in [1.29, 1.82) is 0 Å². The number of carbonyl (C=O) groups is 2. The Hall–Kier alpha value is -3.65. The van der Waals surface area contributed by atoms with Crippen LogP contribution in [-0.4, -0.2) is 78.3 Å². The van der Waals surface area contributed by atoms with Crippen molar-refractivity contribution in [3.63, 3.8) is 0 Å². The summed E-state index contributed by atoms with van der Waals surface area (Å²) in [6.07, 6.45) is 3.51. The zero-order chi connectivity index (χ0) is 32.3. The highest BCUT2D eigenvalue weighted by Gasteiger charge is 2.65. The molecule has 0 aliphatic carbocycles. The molecule has 7 rings (SSSR count). The van der Waals surface area contributed by atoms with Gasteiger partial charge in [0.2, 0.25) is 8.41 Å². The Labute approximate surface area is 269 Å². The Kier molecular flexibility index (Phi) is 7.77. The van der Waals surface area contributed by atoms with Crippen LogP contribution < -0.4 is 20.4 Å². The summed E-state index contributed by atoms with van der Waals surface area (Å²) < 4.78 is 24.6. The van der Waals surface area contributed by atoms with Gasteiger partial charge in [-0.1, -0.05) is 30.3 Å². The Morgan fingerprint density at radius 2 is 1.87 bits per heavy atom. The number of hydrogen-bond acceptors (Lipinski definition) is 8. The molecule has 0 unspecified atom stereocenters. The zero-order valence-electron chi connectivity index (χ0n) is 26.6. The maximum absolute atomic E-state index is 16.1. The van der Waals surface area contributed by atoms with Crippen molar-refractivity contribution in [2.75, 3.05) is 41.5 Å². The normalized spacial score (nSPS) is 27.2. The molecule has 2 spiro atoms. The monoisotopic (exact) mass is 647 g/mol. The number of amides is 2. The van der Waals surface area contributed by atoms with Gasteiger partial charge in [-0.2, -0.15) is 0 Å². The number of hydrogen-bond donors (Lipinski definition) is 3. The van der Waals surface area contributed by atoms with Gasteiger partial charge in [-0.05, 0) is 75.8 Å². The molecule has 5 heterocycles. The van der Waals surface area contributed by atoms with Crippen LogP contribution in [-0.2, 0) is 32.9 Å². The van der Waals surface area contributed by atoms with E-state index in [2.05, 4.69) is 25.8 Å². The van der Waals surface area contributed by atoms with Gasteiger partial charge in [0.25, 0.3) is 11.8 Å². The summed E-state index contributed by atoms with van der Waals surface area (Å²) in [6.45, 7) is 7.61. The number of ether oxygens (including phenoxy) is 1. The minimum atomic E-state index is -3.32. The van der Waals surface area contributed by atoms with Crippen molar-refractivity contribution in [1.82, 2.24) is 20.3 Å². The van der Waals surface area contributed by atoms with Crippen LogP contribution in [0, 0.1) is 5.92 Å². The summed E-state index contributed by atoms with van der Waals surface area (Å²) in [5, 5.41) is 23.9. The number of anilines is 3. The number of piperidine rings is 1. The minimum Gasteiger partial charge on any atom is -0.396 e. The van der Waals surface area contributed by atoms with Crippen molar-refractivity contribution >= 4 is 37.3 Å². The molecular weight excluding hydrogens is 605 g/mol. The summed E-state index contributed by atoms with van der Waals surface area (Å²) in [5.41, 5.74) is 1.18. The van der Waals surface area contributed by atoms with Gasteiger partial charge in [0.15, 0.2) is 5.60 Å². The summed E-state index contributed by atoms with van der Waals surface area (Å²) >= 11 is 0. The molecule has 2 amide bonds. The highest BCUT2D eigenvalue weighted by Crippen LogP contribution is 2.59. The van der Waals surface area contributed by atoms with E-state index in [1.54, 1.807) is 24.0 Å². The van der Waals surface area contributed by atoms with Gasteiger partial charge in [0, 0.05) is 59.9 Å². The molecule has 244 valence electrons. The molecule has 11 nitrogen and oxygen atoms in total. The van der Waals surface area contributed by atoms with Gasteiger partial charge in [0.1, 0.15) is 5.54 Å². The number of aliphatic hydroxyl groups excluding tert-OH is 1. The van der Waals surface area contributed by atoms with Gasteiger partial charge in [-0.3, -0.25) is 19.2 Å². The number of aryl methyl sites for hydroxylation is 1. The maximum Gasteiger partial charge on any atom is 0.261 e. The van der Waals surface area contributed by atoms with Crippen LogP contribution in [0.2, 0.25) is 18.6 Å². The van der Waals surface area contributed by atoms with E-state index in [4.69, 9.17) is 4.74 Å². The first-order valence-electron chi connectivity index (χ1n) is 16.3. The van der Waals surface area contributed by atoms with Crippen molar-refractivity contribution < 1.29 is 23.5 Å². The second kappa shape index (κ2) is 11.5. The summed E-state index contributed by atoms with van der Waals surface area (Å²) in [6, 6.07) is 15.7. The van der Waals surface area contributed by atoms with Gasteiger partial charge in [0.05, 0.1) is 18.5 Å². The summed E-state index contributed by atoms with van der Waals surface area (Å²) in [7, 11) is -3.32. The molecule has 0 bridgehead atoms. The first kappa shape index (κ1) is 31.0. The quantitative estimate of drug-likeness (QED) is 0.251. The van der Waals surface area contributed by atoms with E-state index in [0.717, 1.165) is 18.8 Å². The smallest absolute Gasteiger partial charge is 0.261 e. The highest BCUT2D eigenvalue weighted by atomic mass is 28.4. The lowest BCUT2D eigenvalue weighted by Crippen LogP contribution is -2.55. The zero-order valence-corrected chi connectivity index (χ0v) is 27.6. The largest absolute Gasteiger partial charge is 0.396 e. The van der Waals surface area contributed by atoms with Crippen molar-refractivity contribution in [2.45, 2.75) is 75.0 Å². The standard InChI is InChI=1S/C33H42FN7O4Si/c1-22-29(46(2,3)34)28(11-17-39-20-23(12-18-42)37-38-39)45-33(22)26-19-25(9-10-27(26)36-30(33)43)40-21-41(24-7-5-4-6-8-24)32(31(40)44)13-15-35-16-14-32/h4-10,19-20,22,28-29,35,42H,11-18,21H2,1-3H3,(H,36,43)/t22-,28+,29-,33+/m1/s1. The van der Waals surface area contributed by atoms with Crippen LogP contribution in [0.4, 0.5) is 21.2 Å². The molecule has 3 aromatic rings. The van der Waals surface area contributed by atoms with E-state index in [9.17, 15) is 14.7 Å². The van der Waals surface area contributed by atoms with Gasteiger partial charge >= 0.3 is 0 Å². The van der Waals surface area contributed by atoms with E-state index in [1.807, 2.05) is 60.4 Å². The molecule has 0 saturated carbocycles. The fourth-order valence-corrected chi connectivity index (χ4v) is 10.9. The molecule has 46 heavy (non-hydrogen) atoms. The number of rotatable bonds is 8. The average molecular weight is 648 g/mol. The maximum atomic E-state index is 16.1. The average Bonchev–Trinajstić information content (AvgIpc) is 3.76. The van der Waals surface area contributed by atoms with E-state index in [-0.39, 0.29) is 18.4 Å². The molecule has 1 aromatic heterocycles. The number of aliphatic hydroxyl groups is 1. The van der Waals surface area contributed by atoms with Gasteiger partial charge < -0.3 is 29.5 Å². The summed E-state index contributed by atoms with van der Waals surface area (Å²) in [5.74, 6) is -0.685. The number of fused-ring (bicyclic) bond motifs is 2. The number of para-hydroxylation sites is 1. The van der Waals surface area contributed by atoms with Gasteiger partial charge in [-0.25, -0.2) is 0 Å². The van der Waals surface area contributed by atoms with Gasteiger partial charge in [-0.15, -0.1) is 5.10 Å². The van der Waals surface area contributed by atoms with Crippen LogP contribution in [0.25, 0.3) is 0 Å². The van der Waals surface area contributed by atoms with Crippen molar-refractivity contribution in [3.8, 4) is 0 Å². The molecule has 3 N–H and O–H groups in total. The lowest BCUT2D eigenvalue weighted by atomic mass is 9.82. The third-order valence-electron chi connectivity index (χ3n) is 10.5. The SMILES string of the molecule is C[C@@H]1[C@@H]([Si](C)(C)F)[C@H](CCn2cc(CCO)nn2)O[C@@]12C(=O)Nc1ccc(N3CN(c4ccccc4)C4(CCNCC4)C3=O)cc12. The third-order valence-corrected chi connectivity index (χ3v) is 13.0. The lowest BCUT2D eigenvalue weighted by Gasteiger charge is -2.39. The summed E-state index contributed by atoms with van der Waals surface area (Å²) in [4.78, 5) is 32.3. The predicted octanol–water partition coefficient (Wildman–Crippen LogP) is 3.56. The molecule has 3 saturated heterocycles. The van der Waals surface area contributed by atoms with E-state index in [0.29, 0.717) is 61.5 Å². The topological polar surface area (TPSA) is 125 Å². The first-order chi connectivity index (χ1) is 22.1. The molecule has 2 aromatic carbocycles. The number of benzene rings is 2. The van der Waals surface area contributed by atoms with E-state index >= 15 is 4.11 Å². The molecule has 4 atom stereocenters. The highest BCUT2D eigenvalue weighted by molar-refractivity contribution is 6.72. The van der Waals surface area contributed by atoms with Crippen molar-refractivity contribution in [3.05, 3.63) is 66.0 Å². The van der Waals surface area contributed by atoms with Crippen LogP contribution in [0.15, 0.2) is 54.7 Å². The molecule has 0 radical (unpaired) electrons. The molecule has 3 fully saturated rings. The first-order valence-corrected chi connectivity index (χ1v) is 19.2. The Bertz CT molecular complexity index is 1630. The number of carbonyl (C=O) groups excluding carboxylic acids is 2. The fraction of sp³-hybridized carbons (Fsp3) is 0.515. The van der Waals surface area contributed by atoms with E-state index in [1.165, 1.54) is 0 Å². The predicted molar refractivity (Wildman–Crippen MR) is 175 cm³/mol. The van der Waals surface area contributed by atoms with Crippen LogP contribution in [0.3, 0.4) is 0 Å². The Morgan fingerprint density at radius 3 is 2.59 bits per heavy atom. The third kappa shape index (κ3) is 4.86. The number of halogens is 1. The Balaban J connectivity index is 1.22. The number of nitrogens with one attached hydrogen (secondary N) is 2. The van der Waals surface area contributed by atoms with Crippen molar-refractivity contribution in [2.24, 2.45) is 5.92 Å². The van der Waals surface area contributed by atoms with E-state index < -0.39 is 37.1 Å². The molecule has 4 aliphatic rings. The minimum absolute atomic E-state index is 0.0177. The lowest BCUT2D eigenvalue weighted by molar-refractivity contribution is -0.143. The number of aromatic nitrogens is 3. The molecular formula is C33H42FN7O4Si. The van der Waals surface area contributed by atoms with Crippen LogP contribution >= 0.6 is 0 Å². The second-order valence-electron chi connectivity index (χ2n) is 13.6. The second-order valence-corrected chi connectivity index (χ2v) is 17.4. The molecule has 13 heteroatoms. The van der Waals surface area contributed by atoms with Crippen LogP contribution in [0.1, 0.15) is 37.4 Å².